The number of carbonyl (C=O) groups is 1. The molecule has 0 spiro atoms. The number of nitrogens with two attached hydrogens (primary N) is 1. The quantitative estimate of drug-likeness (QED) is 0.798. The van der Waals surface area contributed by atoms with Crippen molar-refractivity contribution >= 4 is 34.8 Å². The molecule has 1 aromatic carbocycles. The summed E-state index contributed by atoms with van der Waals surface area (Å²) in [6.07, 6.45) is 6.15. The summed E-state index contributed by atoms with van der Waals surface area (Å²) in [6, 6.07) is 3.11. The van der Waals surface area contributed by atoms with Crippen LogP contribution in [0.1, 0.15) is 49.4 Å². The summed E-state index contributed by atoms with van der Waals surface area (Å²) < 4.78 is 0. The Labute approximate surface area is 136 Å². The maximum Gasteiger partial charge on any atom is 0.252 e. The third kappa shape index (κ3) is 4.52. The molecule has 0 heterocycles. The van der Waals surface area contributed by atoms with Gasteiger partial charge in [0.25, 0.3) is 5.91 Å². The average Bonchev–Trinajstić information content (AvgIpc) is 2.44. The molecule has 0 saturated heterocycles. The van der Waals surface area contributed by atoms with E-state index in [1.165, 1.54) is 25.7 Å². The van der Waals surface area contributed by atoms with E-state index < -0.39 is 0 Å². The minimum Gasteiger partial charge on any atom is -0.399 e. The van der Waals surface area contributed by atoms with E-state index in [4.69, 9.17) is 28.9 Å². The molecule has 116 valence electrons. The Balaban J connectivity index is 1.85. The van der Waals surface area contributed by atoms with Gasteiger partial charge in [0.2, 0.25) is 0 Å². The summed E-state index contributed by atoms with van der Waals surface area (Å²) in [5, 5.41) is 3.48. The second-order valence-corrected chi connectivity index (χ2v) is 6.82. The molecule has 3 N–H and O–H groups in total. The van der Waals surface area contributed by atoms with Gasteiger partial charge in [-0.2, -0.15) is 0 Å². The van der Waals surface area contributed by atoms with Crippen LogP contribution in [0.5, 0.6) is 0 Å². The minimum atomic E-state index is -0.210. The molecule has 3 nitrogen and oxygen atoms in total. The number of halogens is 2. The van der Waals surface area contributed by atoms with Crippen molar-refractivity contribution in [3.8, 4) is 0 Å². The van der Waals surface area contributed by atoms with Gasteiger partial charge in [-0.3, -0.25) is 4.79 Å². The van der Waals surface area contributed by atoms with E-state index >= 15 is 0 Å². The van der Waals surface area contributed by atoms with Gasteiger partial charge in [0.15, 0.2) is 0 Å². The van der Waals surface area contributed by atoms with Crippen LogP contribution in [-0.4, -0.2) is 12.5 Å². The standard InChI is InChI=1S/C16H22Cl2N2O/c1-10-2-4-11(5-3-10)6-7-20-16(21)13-8-12(19)9-14(17)15(13)18/h8-11H,2-7,19H2,1H3,(H,20,21). The lowest BCUT2D eigenvalue weighted by Gasteiger charge is -2.26. The van der Waals surface area contributed by atoms with Crippen molar-refractivity contribution in [2.45, 2.75) is 39.0 Å². The lowest BCUT2D eigenvalue weighted by Crippen LogP contribution is -2.27. The Morgan fingerprint density at radius 1 is 1.29 bits per heavy atom. The number of carbonyl (C=O) groups excluding carboxylic acids is 1. The fraction of sp³-hybridized carbons (Fsp3) is 0.562. The smallest absolute Gasteiger partial charge is 0.252 e. The van der Waals surface area contributed by atoms with Crippen LogP contribution >= 0.6 is 23.2 Å². The molecule has 1 fully saturated rings. The fourth-order valence-corrected chi connectivity index (χ4v) is 3.30. The number of hydrogen-bond acceptors (Lipinski definition) is 2. The predicted molar refractivity (Wildman–Crippen MR) is 88.9 cm³/mol. The van der Waals surface area contributed by atoms with Crippen LogP contribution in [0.4, 0.5) is 5.69 Å². The second kappa shape index (κ2) is 7.37. The van der Waals surface area contributed by atoms with E-state index in [0.717, 1.165) is 18.3 Å². The SMILES string of the molecule is CC1CCC(CCNC(=O)c2cc(N)cc(Cl)c2Cl)CC1. The summed E-state index contributed by atoms with van der Waals surface area (Å²) in [6.45, 7) is 2.98. The third-order valence-electron chi connectivity index (χ3n) is 4.27. The lowest BCUT2D eigenvalue weighted by atomic mass is 9.81. The molecule has 0 radical (unpaired) electrons. The second-order valence-electron chi connectivity index (χ2n) is 6.03. The molecule has 0 unspecified atom stereocenters. The van der Waals surface area contributed by atoms with Gasteiger partial charge in [-0.15, -0.1) is 0 Å². The van der Waals surface area contributed by atoms with Crippen molar-refractivity contribution in [3.63, 3.8) is 0 Å². The molecule has 0 aromatic heterocycles. The lowest BCUT2D eigenvalue weighted by molar-refractivity contribution is 0.0950. The number of nitrogens with one attached hydrogen (secondary N) is 1. The molecular formula is C16H22Cl2N2O. The zero-order valence-electron chi connectivity index (χ0n) is 12.3. The van der Waals surface area contributed by atoms with E-state index in [0.29, 0.717) is 22.8 Å². The Bertz CT molecular complexity index is 511. The highest BCUT2D eigenvalue weighted by Gasteiger charge is 2.19. The number of hydrogen-bond donors (Lipinski definition) is 2. The van der Waals surface area contributed by atoms with E-state index in [1.807, 2.05) is 0 Å². The van der Waals surface area contributed by atoms with Crippen molar-refractivity contribution in [3.05, 3.63) is 27.7 Å². The number of anilines is 1. The first-order valence-corrected chi connectivity index (χ1v) is 8.25. The normalized spacial score (nSPS) is 22.0. The first kappa shape index (κ1) is 16.4. The molecule has 2 rings (SSSR count). The van der Waals surface area contributed by atoms with Crippen LogP contribution in [-0.2, 0) is 0 Å². The first-order chi connectivity index (χ1) is 9.97. The van der Waals surface area contributed by atoms with Crippen molar-refractivity contribution in [2.75, 3.05) is 12.3 Å². The maximum absolute atomic E-state index is 12.2. The zero-order chi connectivity index (χ0) is 15.4. The summed E-state index contributed by atoms with van der Waals surface area (Å²) in [5.41, 5.74) is 6.49. The summed E-state index contributed by atoms with van der Waals surface area (Å²) in [7, 11) is 0. The largest absolute Gasteiger partial charge is 0.399 e. The highest BCUT2D eigenvalue weighted by molar-refractivity contribution is 6.44. The van der Waals surface area contributed by atoms with Crippen LogP contribution in [0.3, 0.4) is 0 Å². The van der Waals surface area contributed by atoms with E-state index in [-0.39, 0.29) is 10.9 Å². The molecule has 0 aliphatic heterocycles. The molecule has 21 heavy (non-hydrogen) atoms. The zero-order valence-corrected chi connectivity index (χ0v) is 13.8. The number of rotatable bonds is 4. The van der Waals surface area contributed by atoms with Gasteiger partial charge in [-0.1, -0.05) is 55.8 Å². The van der Waals surface area contributed by atoms with Gasteiger partial charge < -0.3 is 11.1 Å². The number of amides is 1. The summed E-state index contributed by atoms with van der Waals surface area (Å²) in [5.74, 6) is 1.36. The molecule has 1 aliphatic rings. The fourth-order valence-electron chi connectivity index (χ4n) is 2.88. The Hall–Kier alpha value is -0.930. The van der Waals surface area contributed by atoms with Gasteiger partial charge in [0, 0.05) is 12.2 Å². The predicted octanol–water partition coefficient (Wildman–Crippen LogP) is 4.52. The number of nitrogen functional groups attached to an aromatic ring is 1. The highest BCUT2D eigenvalue weighted by Crippen LogP contribution is 2.30. The molecule has 1 amide bonds. The molecule has 1 saturated carbocycles. The molecule has 0 bridgehead atoms. The maximum atomic E-state index is 12.2. The summed E-state index contributed by atoms with van der Waals surface area (Å²) in [4.78, 5) is 12.2. The number of benzene rings is 1. The van der Waals surface area contributed by atoms with Crippen molar-refractivity contribution < 1.29 is 4.79 Å². The Morgan fingerprint density at radius 2 is 1.95 bits per heavy atom. The van der Waals surface area contributed by atoms with E-state index in [1.54, 1.807) is 12.1 Å². The van der Waals surface area contributed by atoms with Gasteiger partial charge in [0.1, 0.15) is 0 Å². The minimum absolute atomic E-state index is 0.210. The van der Waals surface area contributed by atoms with Gasteiger partial charge >= 0.3 is 0 Å². The van der Waals surface area contributed by atoms with Crippen LogP contribution in [0.25, 0.3) is 0 Å². The monoisotopic (exact) mass is 328 g/mol. The van der Waals surface area contributed by atoms with E-state index in [9.17, 15) is 4.79 Å². The van der Waals surface area contributed by atoms with Gasteiger partial charge in [0.05, 0.1) is 15.6 Å². The van der Waals surface area contributed by atoms with Crippen LogP contribution < -0.4 is 11.1 Å². The van der Waals surface area contributed by atoms with E-state index in [2.05, 4.69) is 12.2 Å². The topological polar surface area (TPSA) is 55.1 Å². The van der Waals surface area contributed by atoms with Crippen molar-refractivity contribution in [1.29, 1.82) is 0 Å². The summed E-state index contributed by atoms with van der Waals surface area (Å²) >= 11 is 12.0. The van der Waals surface area contributed by atoms with Crippen molar-refractivity contribution in [2.24, 2.45) is 11.8 Å². The Morgan fingerprint density at radius 3 is 2.62 bits per heavy atom. The molecule has 5 heteroatoms. The van der Waals surface area contributed by atoms with Crippen molar-refractivity contribution in [1.82, 2.24) is 5.32 Å². The van der Waals surface area contributed by atoms with Gasteiger partial charge in [-0.05, 0) is 30.4 Å². The molecule has 1 aliphatic carbocycles. The van der Waals surface area contributed by atoms with Gasteiger partial charge in [-0.25, -0.2) is 0 Å². The molecule has 0 atom stereocenters. The first-order valence-electron chi connectivity index (χ1n) is 7.50. The highest BCUT2D eigenvalue weighted by atomic mass is 35.5. The average molecular weight is 329 g/mol. The Kier molecular flexibility index (Phi) is 5.77. The van der Waals surface area contributed by atoms with Crippen LogP contribution in [0.15, 0.2) is 12.1 Å². The molecule has 1 aromatic rings. The third-order valence-corrected chi connectivity index (χ3v) is 5.07. The van der Waals surface area contributed by atoms with Crippen LogP contribution in [0, 0.1) is 11.8 Å². The molecular weight excluding hydrogens is 307 g/mol. The van der Waals surface area contributed by atoms with Crippen LogP contribution in [0.2, 0.25) is 10.0 Å².